The molecular weight excluding hydrogens is 254 g/mol. The molecule has 86 valence electrons. The maximum atomic E-state index is 11.7. The predicted molar refractivity (Wildman–Crippen MR) is 71.9 cm³/mol. The minimum atomic E-state index is -0.0629. The van der Waals surface area contributed by atoms with Gasteiger partial charge in [0.05, 0.1) is 12.1 Å². The predicted octanol–water partition coefficient (Wildman–Crippen LogP) is 2.66. The van der Waals surface area contributed by atoms with E-state index in [4.69, 9.17) is 0 Å². The maximum Gasteiger partial charge on any atom is 0.268 e. The summed E-state index contributed by atoms with van der Waals surface area (Å²) in [5, 5.41) is 9.10. The number of nitrogens with one attached hydrogen (secondary N) is 2. The van der Waals surface area contributed by atoms with Crippen LogP contribution < -0.4 is 10.9 Å². The van der Waals surface area contributed by atoms with E-state index in [1.165, 1.54) is 11.3 Å². The summed E-state index contributed by atoms with van der Waals surface area (Å²) < 4.78 is 0.685. The summed E-state index contributed by atoms with van der Waals surface area (Å²) in [6.45, 7) is 0.526. The highest BCUT2D eigenvalue weighted by Gasteiger charge is 2.04. The summed E-state index contributed by atoms with van der Waals surface area (Å²) in [4.78, 5) is 18.9. The summed E-state index contributed by atoms with van der Waals surface area (Å²) in [7, 11) is 0. The first-order chi connectivity index (χ1) is 8.33. The fraction of sp³-hybridized carbons (Fsp3) is 0.0909. The van der Waals surface area contributed by atoms with E-state index < -0.39 is 0 Å². The van der Waals surface area contributed by atoms with Crippen LogP contribution in [0.4, 0.5) is 5.69 Å². The van der Waals surface area contributed by atoms with E-state index >= 15 is 0 Å². The van der Waals surface area contributed by atoms with Gasteiger partial charge in [-0.3, -0.25) is 4.79 Å². The first kappa shape index (κ1) is 10.5. The number of aromatic amines is 1. The Labute approximate surface area is 105 Å². The van der Waals surface area contributed by atoms with E-state index in [-0.39, 0.29) is 5.56 Å². The molecule has 0 amide bonds. The van der Waals surface area contributed by atoms with Gasteiger partial charge in [0.25, 0.3) is 5.56 Å². The van der Waals surface area contributed by atoms with Crippen molar-refractivity contribution in [1.82, 2.24) is 9.97 Å². The lowest BCUT2D eigenvalue weighted by molar-refractivity contribution is 0.956. The van der Waals surface area contributed by atoms with Crippen LogP contribution in [-0.4, -0.2) is 9.97 Å². The Balaban J connectivity index is 1.88. The normalized spacial score (nSPS) is 10.8. The van der Waals surface area contributed by atoms with Gasteiger partial charge < -0.3 is 10.3 Å². The van der Waals surface area contributed by atoms with Crippen molar-refractivity contribution in [3.63, 3.8) is 0 Å². The number of fused-ring (bicyclic) bond motifs is 1. The van der Waals surface area contributed by atoms with Crippen molar-refractivity contribution < 1.29 is 0 Å². The second-order valence-corrected chi connectivity index (χ2v) is 5.21. The molecule has 3 aromatic rings. The van der Waals surface area contributed by atoms with Gasteiger partial charge in [-0.25, -0.2) is 4.98 Å². The number of H-pyrrole nitrogens is 1. The molecule has 3 aromatic heterocycles. The van der Waals surface area contributed by atoms with Crippen molar-refractivity contribution in [2.24, 2.45) is 0 Å². The molecule has 0 aliphatic heterocycles. The molecule has 0 aliphatic carbocycles. The molecule has 3 heterocycles. The standard InChI is InChI=1S/C11H9N3OS2/c15-11-10-8(2-4-17-10)13-9(14-11)5-12-7-1-3-16-6-7/h1-4,6,12H,5H2,(H,13,14,15). The van der Waals surface area contributed by atoms with Crippen LogP contribution in [0.5, 0.6) is 0 Å². The Morgan fingerprint density at radius 1 is 1.35 bits per heavy atom. The van der Waals surface area contributed by atoms with Crippen LogP contribution in [0.15, 0.2) is 33.1 Å². The molecule has 0 aliphatic rings. The van der Waals surface area contributed by atoms with Gasteiger partial charge in [-0.1, -0.05) is 0 Å². The van der Waals surface area contributed by atoms with Crippen molar-refractivity contribution in [1.29, 1.82) is 0 Å². The van der Waals surface area contributed by atoms with Crippen LogP contribution in [0.2, 0.25) is 0 Å². The van der Waals surface area contributed by atoms with Crippen molar-refractivity contribution in [2.75, 3.05) is 5.32 Å². The number of anilines is 1. The molecule has 0 aromatic carbocycles. The van der Waals surface area contributed by atoms with E-state index in [0.29, 0.717) is 17.1 Å². The van der Waals surface area contributed by atoms with Gasteiger partial charge in [0.2, 0.25) is 0 Å². The topological polar surface area (TPSA) is 57.8 Å². The van der Waals surface area contributed by atoms with E-state index in [1.807, 2.05) is 28.3 Å². The van der Waals surface area contributed by atoms with Crippen LogP contribution in [0.3, 0.4) is 0 Å². The molecule has 0 saturated heterocycles. The van der Waals surface area contributed by atoms with Crippen LogP contribution >= 0.6 is 22.7 Å². The third kappa shape index (κ3) is 2.09. The molecule has 0 unspecified atom stereocenters. The summed E-state index contributed by atoms with van der Waals surface area (Å²) in [5.41, 5.74) is 1.75. The number of thiophene rings is 2. The number of nitrogens with zero attached hydrogens (tertiary/aromatic N) is 1. The number of aromatic nitrogens is 2. The second kappa shape index (κ2) is 4.31. The largest absolute Gasteiger partial charge is 0.377 e. The van der Waals surface area contributed by atoms with Gasteiger partial charge >= 0.3 is 0 Å². The molecule has 0 atom stereocenters. The molecule has 2 N–H and O–H groups in total. The van der Waals surface area contributed by atoms with Gasteiger partial charge in [-0.05, 0) is 22.9 Å². The Bertz CT molecular complexity index is 684. The molecule has 4 nitrogen and oxygen atoms in total. The summed E-state index contributed by atoms with van der Waals surface area (Å²) >= 11 is 3.04. The van der Waals surface area contributed by atoms with Crippen LogP contribution in [-0.2, 0) is 6.54 Å². The molecular formula is C11H9N3OS2. The zero-order valence-electron chi connectivity index (χ0n) is 8.77. The monoisotopic (exact) mass is 263 g/mol. The Morgan fingerprint density at radius 3 is 3.12 bits per heavy atom. The fourth-order valence-corrected chi connectivity index (χ4v) is 2.89. The molecule has 3 rings (SSSR count). The van der Waals surface area contributed by atoms with Gasteiger partial charge in [0.1, 0.15) is 10.5 Å². The number of rotatable bonds is 3. The van der Waals surface area contributed by atoms with Crippen LogP contribution in [0.25, 0.3) is 10.2 Å². The second-order valence-electron chi connectivity index (χ2n) is 3.51. The average Bonchev–Trinajstić information content (AvgIpc) is 2.97. The highest BCUT2D eigenvalue weighted by molar-refractivity contribution is 7.17. The third-order valence-corrected chi connectivity index (χ3v) is 3.93. The highest BCUT2D eigenvalue weighted by Crippen LogP contribution is 2.15. The minimum Gasteiger partial charge on any atom is -0.377 e. The van der Waals surface area contributed by atoms with Crippen LogP contribution in [0, 0.1) is 0 Å². The molecule has 0 spiro atoms. The van der Waals surface area contributed by atoms with Crippen molar-refractivity contribution >= 4 is 38.6 Å². The average molecular weight is 263 g/mol. The van der Waals surface area contributed by atoms with Crippen molar-refractivity contribution in [3.8, 4) is 0 Å². The quantitative estimate of drug-likeness (QED) is 0.763. The van der Waals surface area contributed by atoms with Crippen molar-refractivity contribution in [3.05, 3.63) is 44.5 Å². The Hall–Kier alpha value is -1.66. The number of hydrogen-bond donors (Lipinski definition) is 2. The SMILES string of the molecule is O=c1[nH]c(CNc2ccsc2)nc2ccsc12. The fourth-order valence-electron chi connectivity index (χ4n) is 1.56. The van der Waals surface area contributed by atoms with E-state index in [2.05, 4.69) is 15.3 Å². The zero-order chi connectivity index (χ0) is 11.7. The molecule has 6 heteroatoms. The first-order valence-electron chi connectivity index (χ1n) is 5.05. The van der Waals surface area contributed by atoms with Gasteiger partial charge in [0, 0.05) is 11.1 Å². The van der Waals surface area contributed by atoms with E-state index in [0.717, 1.165) is 11.2 Å². The Morgan fingerprint density at radius 2 is 2.29 bits per heavy atom. The number of hydrogen-bond acceptors (Lipinski definition) is 5. The summed E-state index contributed by atoms with van der Waals surface area (Å²) in [6.07, 6.45) is 0. The molecule has 0 radical (unpaired) electrons. The van der Waals surface area contributed by atoms with E-state index in [1.54, 1.807) is 11.3 Å². The van der Waals surface area contributed by atoms with Crippen LogP contribution in [0.1, 0.15) is 5.82 Å². The van der Waals surface area contributed by atoms with Gasteiger partial charge in [-0.15, -0.1) is 11.3 Å². The minimum absolute atomic E-state index is 0.0629. The lowest BCUT2D eigenvalue weighted by Crippen LogP contribution is -2.13. The lowest BCUT2D eigenvalue weighted by atomic mass is 10.4. The molecule has 0 bridgehead atoms. The maximum absolute atomic E-state index is 11.7. The molecule has 0 saturated carbocycles. The van der Waals surface area contributed by atoms with Gasteiger partial charge in [-0.2, -0.15) is 11.3 Å². The smallest absolute Gasteiger partial charge is 0.268 e. The van der Waals surface area contributed by atoms with E-state index in [9.17, 15) is 4.79 Å². The Kier molecular flexibility index (Phi) is 2.66. The van der Waals surface area contributed by atoms with Crippen molar-refractivity contribution in [2.45, 2.75) is 6.54 Å². The van der Waals surface area contributed by atoms with Gasteiger partial charge in [0.15, 0.2) is 0 Å². The first-order valence-corrected chi connectivity index (χ1v) is 6.87. The lowest BCUT2D eigenvalue weighted by Gasteiger charge is -2.03. The molecule has 17 heavy (non-hydrogen) atoms. The highest BCUT2D eigenvalue weighted by atomic mass is 32.1. The summed E-state index contributed by atoms with van der Waals surface area (Å²) in [6, 6.07) is 3.86. The zero-order valence-corrected chi connectivity index (χ0v) is 10.4. The molecule has 0 fully saturated rings. The third-order valence-electron chi connectivity index (χ3n) is 2.35. The summed E-state index contributed by atoms with van der Waals surface area (Å²) in [5.74, 6) is 0.659.